The molecule has 0 saturated carbocycles. The minimum atomic E-state index is -3.82. The lowest BCUT2D eigenvalue weighted by Gasteiger charge is -2.08. The molecule has 0 saturated heterocycles. The van der Waals surface area contributed by atoms with E-state index in [-0.39, 0.29) is 16.5 Å². The van der Waals surface area contributed by atoms with Gasteiger partial charge in [0.1, 0.15) is 5.69 Å². The van der Waals surface area contributed by atoms with Crippen molar-refractivity contribution in [3.05, 3.63) is 67.0 Å². The lowest BCUT2D eigenvalue weighted by Crippen LogP contribution is -2.16. The van der Waals surface area contributed by atoms with Crippen LogP contribution in [0, 0.1) is 0 Å². The zero-order valence-electron chi connectivity index (χ0n) is 12.7. The maximum absolute atomic E-state index is 12.3. The predicted molar refractivity (Wildman–Crippen MR) is 89.3 cm³/mol. The Labute approximate surface area is 143 Å². The Morgan fingerprint density at radius 1 is 0.920 bits per heavy atom. The third-order valence-corrected chi connectivity index (χ3v) is 4.35. The molecule has 2 heterocycles. The van der Waals surface area contributed by atoms with Crippen LogP contribution >= 0.6 is 0 Å². The normalized spacial score (nSPS) is 10.9. The number of nitrogens with zero attached hydrogens (tertiary/aromatic N) is 4. The van der Waals surface area contributed by atoms with Gasteiger partial charge in [0.25, 0.3) is 15.9 Å². The first-order valence-electron chi connectivity index (χ1n) is 7.02. The lowest BCUT2D eigenvalue weighted by molar-refractivity contribution is 0.102. The predicted octanol–water partition coefficient (Wildman–Crippen LogP) is 1.32. The minimum absolute atomic E-state index is 0.0115. The number of carbonyl (C=O) groups excluding carboxylic acids is 1. The molecule has 0 fully saturated rings. The number of anilines is 2. The molecule has 0 bridgehead atoms. The van der Waals surface area contributed by atoms with E-state index in [0.717, 1.165) is 0 Å². The Morgan fingerprint density at radius 3 is 2.28 bits per heavy atom. The van der Waals surface area contributed by atoms with Gasteiger partial charge in [0.05, 0.1) is 11.1 Å². The molecule has 0 radical (unpaired) electrons. The quantitative estimate of drug-likeness (QED) is 0.706. The van der Waals surface area contributed by atoms with Crippen LogP contribution in [0.5, 0.6) is 0 Å². The van der Waals surface area contributed by atoms with E-state index in [1.54, 1.807) is 6.07 Å². The first-order chi connectivity index (χ1) is 12.0. The van der Waals surface area contributed by atoms with Gasteiger partial charge < -0.3 is 5.32 Å². The van der Waals surface area contributed by atoms with E-state index in [9.17, 15) is 13.2 Å². The van der Waals surface area contributed by atoms with Crippen molar-refractivity contribution in [3.63, 3.8) is 0 Å². The molecular weight excluding hydrogens is 344 g/mol. The van der Waals surface area contributed by atoms with Crippen LogP contribution in [0.15, 0.2) is 66.2 Å². The second-order valence-electron chi connectivity index (χ2n) is 4.75. The molecule has 2 aromatic heterocycles. The van der Waals surface area contributed by atoms with Crippen molar-refractivity contribution in [2.24, 2.45) is 0 Å². The number of nitrogens with one attached hydrogen (secondary N) is 2. The van der Waals surface area contributed by atoms with E-state index in [1.807, 2.05) is 0 Å². The van der Waals surface area contributed by atoms with Crippen molar-refractivity contribution < 1.29 is 13.2 Å². The fraction of sp³-hybridized carbons (Fsp3) is 0. The monoisotopic (exact) mass is 356 g/mol. The first-order valence-corrected chi connectivity index (χ1v) is 8.50. The molecule has 1 amide bonds. The maximum Gasteiger partial charge on any atom is 0.275 e. The number of hydrogen-bond donors (Lipinski definition) is 2. The van der Waals surface area contributed by atoms with Gasteiger partial charge in [-0.25, -0.2) is 28.1 Å². The van der Waals surface area contributed by atoms with E-state index >= 15 is 0 Å². The number of amides is 1. The van der Waals surface area contributed by atoms with Crippen LogP contribution in [0.25, 0.3) is 0 Å². The number of aromatic nitrogens is 4. The third kappa shape index (κ3) is 4.12. The van der Waals surface area contributed by atoms with Gasteiger partial charge in [-0.2, -0.15) is 0 Å². The summed E-state index contributed by atoms with van der Waals surface area (Å²) in [5, 5.41) is 2.61. The van der Waals surface area contributed by atoms with E-state index in [2.05, 4.69) is 30.0 Å². The largest absolute Gasteiger partial charge is 0.321 e. The summed E-state index contributed by atoms with van der Waals surface area (Å²) in [6, 6.07) is 7.23. The van der Waals surface area contributed by atoms with Gasteiger partial charge >= 0.3 is 0 Å². The summed E-state index contributed by atoms with van der Waals surface area (Å²) in [7, 11) is -3.82. The molecule has 3 aromatic rings. The highest BCUT2D eigenvalue weighted by Crippen LogP contribution is 2.16. The van der Waals surface area contributed by atoms with Crippen molar-refractivity contribution in [1.82, 2.24) is 19.9 Å². The molecular formula is C15H12N6O3S. The molecule has 1 aromatic carbocycles. The second kappa shape index (κ2) is 7.01. The van der Waals surface area contributed by atoms with Gasteiger partial charge in [-0.15, -0.1) is 0 Å². The average Bonchev–Trinajstić information content (AvgIpc) is 2.63. The molecule has 0 aliphatic carbocycles. The summed E-state index contributed by atoms with van der Waals surface area (Å²) in [6.07, 6.45) is 7.05. The molecule has 0 spiro atoms. The van der Waals surface area contributed by atoms with Crippen molar-refractivity contribution in [3.8, 4) is 0 Å². The van der Waals surface area contributed by atoms with Gasteiger partial charge in [0.15, 0.2) is 0 Å². The van der Waals surface area contributed by atoms with Crippen molar-refractivity contribution in [1.29, 1.82) is 0 Å². The number of hydrogen-bond acceptors (Lipinski definition) is 7. The van der Waals surface area contributed by atoms with Crippen molar-refractivity contribution in [2.45, 2.75) is 4.90 Å². The Balaban J connectivity index is 1.72. The molecule has 0 unspecified atom stereocenters. The number of carbonyl (C=O) groups is 1. The summed E-state index contributed by atoms with van der Waals surface area (Å²) in [5.41, 5.74) is 0.577. The van der Waals surface area contributed by atoms with Crippen molar-refractivity contribution >= 4 is 27.6 Å². The lowest BCUT2D eigenvalue weighted by atomic mass is 10.3. The zero-order chi connectivity index (χ0) is 17.7. The van der Waals surface area contributed by atoms with Crippen LogP contribution < -0.4 is 10.0 Å². The first kappa shape index (κ1) is 16.5. The van der Waals surface area contributed by atoms with E-state index in [1.165, 1.54) is 55.2 Å². The highest BCUT2D eigenvalue weighted by atomic mass is 32.2. The standard InChI is InChI=1S/C15H12N6O3S/c22-14(13-10-16-8-9-17-13)20-11-2-4-12(5-3-11)25(23,24)21-15-18-6-1-7-19-15/h1-10H,(H,20,22)(H,18,19,21). The topological polar surface area (TPSA) is 127 Å². The molecule has 9 nitrogen and oxygen atoms in total. The number of sulfonamides is 1. The molecule has 0 aliphatic heterocycles. The molecule has 0 atom stereocenters. The summed E-state index contributed by atoms with van der Waals surface area (Å²) < 4.78 is 26.8. The Kier molecular flexibility index (Phi) is 4.61. The van der Waals surface area contributed by atoms with Gasteiger partial charge in [-0.3, -0.25) is 9.78 Å². The minimum Gasteiger partial charge on any atom is -0.321 e. The van der Waals surface area contributed by atoms with Crippen LogP contribution in [0.3, 0.4) is 0 Å². The van der Waals surface area contributed by atoms with E-state index < -0.39 is 15.9 Å². The van der Waals surface area contributed by atoms with Gasteiger partial charge in [-0.1, -0.05) is 0 Å². The second-order valence-corrected chi connectivity index (χ2v) is 6.43. The van der Waals surface area contributed by atoms with E-state index in [0.29, 0.717) is 5.69 Å². The smallest absolute Gasteiger partial charge is 0.275 e. The Hall–Kier alpha value is -3.40. The SMILES string of the molecule is O=C(Nc1ccc(S(=O)(=O)Nc2ncccn2)cc1)c1cnccn1. The van der Waals surface area contributed by atoms with E-state index in [4.69, 9.17) is 0 Å². The van der Waals surface area contributed by atoms with Crippen LogP contribution in [-0.2, 0) is 10.0 Å². The third-order valence-electron chi connectivity index (χ3n) is 3.01. The number of benzene rings is 1. The summed E-state index contributed by atoms with van der Waals surface area (Å²) >= 11 is 0. The highest BCUT2D eigenvalue weighted by Gasteiger charge is 2.15. The van der Waals surface area contributed by atoms with Gasteiger partial charge in [0, 0.05) is 30.5 Å². The molecule has 25 heavy (non-hydrogen) atoms. The summed E-state index contributed by atoms with van der Waals surface area (Å²) in [6.45, 7) is 0. The van der Waals surface area contributed by atoms with Crippen LogP contribution in [0.2, 0.25) is 0 Å². The molecule has 10 heteroatoms. The fourth-order valence-electron chi connectivity index (χ4n) is 1.86. The average molecular weight is 356 g/mol. The van der Waals surface area contributed by atoms with Crippen molar-refractivity contribution in [2.75, 3.05) is 10.0 Å². The maximum atomic E-state index is 12.3. The van der Waals surface area contributed by atoms with Crippen LogP contribution in [0.1, 0.15) is 10.5 Å². The summed E-state index contributed by atoms with van der Waals surface area (Å²) in [5.74, 6) is -0.470. The Morgan fingerprint density at radius 2 is 1.64 bits per heavy atom. The van der Waals surface area contributed by atoms with Gasteiger partial charge in [0.2, 0.25) is 5.95 Å². The Bertz CT molecular complexity index is 963. The zero-order valence-corrected chi connectivity index (χ0v) is 13.5. The summed E-state index contributed by atoms with van der Waals surface area (Å²) in [4.78, 5) is 27.3. The number of rotatable bonds is 5. The molecule has 2 N–H and O–H groups in total. The van der Waals surface area contributed by atoms with Crippen LogP contribution in [0.4, 0.5) is 11.6 Å². The van der Waals surface area contributed by atoms with Crippen LogP contribution in [-0.4, -0.2) is 34.3 Å². The van der Waals surface area contributed by atoms with Gasteiger partial charge in [-0.05, 0) is 30.3 Å². The molecule has 0 aliphatic rings. The highest BCUT2D eigenvalue weighted by molar-refractivity contribution is 7.92. The fourth-order valence-corrected chi connectivity index (χ4v) is 2.82. The molecule has 3 rings (SSSR count). The molecule has 126 valence electrons.